The second kappa shape index (κ2) is 7.72. The van der Waals surface area contributed by atoms with Crippen LogP contribution in [0.15, 0.2) is 77.7 Å². The van der Waals surface area contributed by atoms with Crippen LogP contribution in [0.2, 0.25) is 0 Å². The summed E-state index contributed by atoms with van der Waals surface area (Å²) in [4.78, 5) is 13.4. The minimum atomic E-state index is -3.87. The molecule has 0 saturated carbocycles. The van der Waals surface area contributed by atoms with Crippen molar-refractivity contribution in [2.45, 2.75) is 23.9 Å². The first-order valence-corrected chi connectivity index (χ1v) is 11.3. The van der Waals surface area contributed by atoms with Crippen LogP contribution in [-0.2, 0) is 27.8 Å². The van der Waals surface area contributed by atoms with Crippen LogP contribution >= 0.6 is 0 Å². The summed E-state index contributed by atoms with van der Waals surface area (Å²) >= 11 is 0. The third-order valence-electron chi connectivity index (χ3n) is 5.50. The Morgan fingerprint density at radius 1 is 0.903 bits per heavy atom. The number of sulfonamides is 1. The van der Waals surface area contributed by atoms with E-state index in [1.165, 1.54) is 4.31 Å². The zero-order valence-corrected chi connectivity index (χ0v) is 17.3. The third-order valence-corrected chi connectivity index (χ3v) is 7.37. The molecule has 0 unspecified atom stereocenters. The fourth-order valence-electron chi connectivity index (χ4n) is 3.90. The molecule has 0 aromatic heterocycles. The molecule has 3 aromatic carbocycles. The largest absolute Gasteiger partial charge is 0.454 e. The van der Waals surface area contributed by atoms with Gasteiger partial charge in [-0.15, -0.1) is 0 Å². The number of carbonyl (C=O) groups is 1. The molecule has 31 heavy (non-hydrogen) atoms. The monoisotopic (exact) mass is 436 g/mol. The van der Waals surface area contributed by atoms with Crippen molar-refractivity contribution in [3.05, 3.63) is 83.9 Å². The van der Waals surface area contributed by atoms with Gasteiger partial charge in [-0.1, -0.05) is 42.5 Å². The zero-order valence-electron chi connectivity index (χ0n) is 16.5. The van der Waals surface area contributed by atoms with Crippen molar-refractivity contribution < 1.29 is 22.7 Å². The molecule has 5 rings (SSSR count). The van der Waals surface area contributed by atoms with Gasteiger partial charge >= 0.3 is 0 Å². The highest BCUT2D eigenvalue weighted by Gasteiger charge is 2.39. The third kappa shape index (κ3) is 3.64. The van der Waals surface area contributed by atoms with Crippen molar-refractivity contribution in [2.75, 3.05) is 12.1 Å². The minimum Gasteiger partial charge on any atom is -0.454 e. The first-order valence-electron chi connectivity index (χ1n) is 9.86. The lowest BCUT2D eigenvalue weighted by Crippen LogP contribution is -2.50. The van der Waals surface area contributed by atoms with Gasteiger partial charge in [-0.25, -0.2) is 8.42 Å². The Balaban J connectivity index is 1.49. The molecule has 158 valence electrons. The lowest BCUT2D eigenvalue weighted by Gasteiger charge is -2.35. The molecule has 0 radical (unpaired) electrons. The van der Waals surface area contributed by atoms with Crippen LogP contribution in [0, 0.1) is 0 Å². The number of carbonyl (C=O) groups excluding carboxylic acids is 1. The normalized spacial score (nSPS) is 17.7. The zero-order chi connectivity index (χ0) is 21.4. The first kappa shape index (κ1) is 19.6. The van der Waals surface area contributed by atoms with Crippen LogP contribution in [0.25, 0.3) is 0 Å². The number of hydrogen-bond acceptors (Lipinski definition) is 5. The van der Waals surface area contributed by atoms with Crippen LogP contribution in [0.3, 0.4) is 0 Å². The summed E-state index contributed by atoms with van der Waals surface area (Å²) in [7, 11) is -3.87. The number of amides is 1. The lowest BCUT2D eigenvalue weighted by molar-refractivity contribution is -0.120. The Kier molecular flexibility index (Phi) is 4.88. The van der Waals surface area contributed by atoms with E-state index in [1.54, 1.807) is 48.5 Å². The maximum absolute atomic E-state index is 13.4. The summed E-state index contributed by atoms with van der Waals surface area (Å²) in [6.07, 6.45) is 0.290. The Morgan fingerprint density at radius 3 is 2.42 bits per heavy atom. The van der Waals surface area contributed by atoms with E-state index in [9.17, 15) is 13.2 Å². The molecule has 0 fully saturated rings. The average molecular weight is 436 g/mol. The number of rotatable bonds is 4. The summed E-state index contributed by atoms with van der Waals surface area (Å²) in [5.41, 5.74) is 2.38. The van der Waals surface area contributed by atoms with Crippen LogP contribution in [0.5, 0.6) is 11.5 Å². The summed E-state index contributed by atoms with van der Waals surface area (Å²) in [5.74, 6) is 0.756. The first-order chi connectivity index (χ1) is 15.0. The van der Waals surface area contributed by atoms with E-state index in [2.05, 4.69) is 5.32 Å². The average Bonchev–Trinajstić information content (AvgIpc) is 3.26. The summed E-state index contributed by atoms with van der Waals surface area (Å²) in [6, 6.07) is 20.0. The van der Waals surface area contributed by atoms with Gasteiger partial charge in [0.05, 0.1) is 4.90 Å². The van der Waals surface area contributed by atoms with Crippen molar-refractivity contribution in [1.82, 2.24) is 4.31 Å². The summed E-state index contributed by atoms with van der Waals surface area (Å²) < 4.78 is 38.8. The maximum atomic E-state index is 13.4. The standard InChI is InChI=1S/C23H20N2O5S/c26-23(24-18-10-11-21-22(13-18)30-15-29-21)20-12-16-6-4-5-7-17(16)14-25(20)31(27,28)19-8-2-1-3-9-19/h1-11,13,20H,12,14-15H2,(H,24,26)/t20-/m1/s1. The van der Waals surface area contributed by atoms with Crippen molar-refractivity contribution in [3.63, 3.8) is 0 Å². The number of nitrogens with one attached hydrogen (secondary N) is 1. The van der Waals surface area contributed by atoms with Gasteiger partial charge in [0.1, 0.15) is 6.04 Å². The topological polar surface area (TPSA) is 84.9 Å². The van der Waals surface area contributed by atoms with Gasteiger partial charge in [-0.05, 0) is 41.8 Å². The number of benzene rings is 3. The van der Waals surface area contributed by atoms with Crippen LogP contribution in [-0.4, -0.2) is 31.5 Å². The van der Waals surface area contributed by atoms with E-state index < -0.39 is 22.0 Å². The predicted octanol–water partition coefficient (Wildman–Crippen LogP) is 3.17. The highest BCUT2D eigenvalue weighted by Crippen LogP contribution is 2.35. The van der Waals surface area contributed by atoms with Gasteiger partial charge in [0.2, 0.25) is 22.7 Å². The van der Waals surface area contributed by atoms with Gasteiger partial charge in [0.15, 0.2) is 11.5 Å². The van der Waals surface area contributed by atoms with E-state index in [-0.39, 0.29) is 18.2 Å². The number of ether oxygens (including phenoxy) is 2. The van der Waals surface area contributed by atoms with E-state index >= 15 is 0 Å². The molecular weight excluding hydrogens is 416 g/mol. The van der Waals surface area contributed by atoms with Crippen molar-refractivity contribution in [2.24, 2.45) is 0 Å². The second-order valence-electron chi connectivity index (χ2n) is 7.41. The highest BCUT2D eigenvalue weighted by molar-refractivity contribution is 7.89. The number of fused-ring (bicyclic) bond motifs is 2. The molecule has 1 atom stereocenters. The molecule has 8 heteroatoms. The summed E-state index contributed by atoms with van der Waals surface area (Å²) in [6.45, 7) is 0.266. The molecule has 0 saturated heterocycles. The van der Waals surface area contributed by atoms with Gasteiger partial charge in [0, 0.05) is 18.3 Å². The minimum absolute atomic E-state index is 0.132. The number of anilines is 1. The van der Waals surface area contributed by atoms with Gasteiger partial charge in [-0.2, -0.15) is 4.31 Å². The smallest absolute Gasteiger partial charge is 0.244 e. The lowest BCUT2D eigenvalue weighted by atomic mass is 9.95. The molecule has 3 aromatic rings. The fourth-order valence-corrected chi connectivity index (χ4v) is 5.49. The molecule has 0 aliphatic carbocycles. The number of hydrogen-bond donors (Lipinski definition) is 1. The molecule has 2 aliphatic rings. The van der Waals surface area contributed by atoms with E-state index in [4.69, 9.17) is 9.47 Å². The van der Waals surface area contributed by atoms with Crippen LogP contribution in [0.1, 0.15) is 11.1 Å². The molecule has 1 N–H and O–H groups in total. The van der Waals surface area contributed by atoms with Crippen molar-refractivity contribution >= 4 is 21.6 Å². The molecule has 2 heterocycles. The van der Waals surface area contributed by atoms with E-state index in [0.29, 0.717) is 23.6 Å². The van der Waals surface area contributed by atoms with Gasteiger partial charge < -0.3 is 14.8 Å². The van der Waals surface area contributed by atoms with E-state index in [1.807, 2.05) is 24.3 Å². The molecular formula is C23H20N2O5S. The van der Waals surface area contributed by atoms with Gasteiger partial charge in [-0.3, -0.25) is 4.79 Å². The fraction of sp³-hybridized carbons (Fsp3) is 0.174. The molecule has 2 aliphatic heterocycles. The molecule has 0 bridgehead atoms. The van der Waals surface area contributed by atoms with Crippen molar-refractivity contribution in [1.29, 1.82) is 0 Å². The molecule has 1 amide bonds. The van der Waals surface area contributed by atoms with Crippen LogP contribution < -0.4 is 14.8 Å². The quantitative estimate of drug-likeness (QED) is 0.679. The predicted molar refractivity (Wildman–Crippen MR) is 114 cm³/mol. The number of nitrogens with zero attached hydrogens (tertiary/aromatic N) is 1. The second-order valence-corrected chi connectivity index (χ2v) is 9.30. The van der Waals surface area contributed by atoms with E-state index in [0.717, 1.165) is 11.1 Å². The Labute approximate surface area is 180 Å². The molecule has 7 nitrogen and oxygen atoms in total. The maximum Gasteiger partial charge on any atom is 0.244 e. The van der Waals surface area contributed by atoms with Crippen molar-refractivity contribution in [3.8, 4) is 11.5 Å². The summed E-state index contributed by atoms with van der Waals surface area (Å²) in [5, 5.41) is 2.85. The SMILES string of the molecule is O=C(Nc1ccc2c(c1)OCO2)[C@H]1Cc2ccccc2CN1S(=O)(=O)c1ccccc1. The Bertz CT molecular complexity index is 1240. The Hall–Kier alpha value is -3.36. The van der Waals surface area contributed by atoms with Crippen LogP contribution in [0.4, 0.5) is 5.69 Å². The molecule has 0 spiro atoms. The highest BCUT2D eigenvalue weighted by atomic mass is 32.2. The van der Waals surface area contributed by atoms with Gasteiger partial charge in [0.25, 0.3) is 0 Å². The Morgan fingerprint density at radius 2 is 1.61 bits per heavy atom.